The molecule has 1 amide bonds. The number of anilines is 2. The Labute approximate surface area is 229 Å². The van der Waals surface area contributed by atoms with E-state index in [0.29, 0.717) is 15.9 Å². The molecule has 38 heavy (non-hydrogen) atoms. The first-order valence-corrected chi connectivity index (χ1v) is 15.0. The number of hydrogen-bond donors (Lipinski definition) is 0. The van der Waals surface area contributed by atoms with E-state index in [1.165, 1.54) is 34.0 Å². The van der Waals surface area contributed by atoms with Crippen LogP contribution in [-0.2, 0) is 21.3 Å². The first kappa shape index (κ1) is 28.0. The molecule has 0 spiro atoms. The first-order chi connectivity index (χ1) is 18.0. The SMILES string of the molecule is Cc1cc(S(=O)(=O)N(C(=O)OC(C)(C)C)c2cscn2)cnc1N(C)C1CCN(Cc2ccccc2)CC1. The molecule has 1 saturated heterocycles. The molecule has 0 unspecified atom stereocenters. The Bertz CT molecular complexity index is 1330. The molecule has 9 nitrogen and oxygen atoms in total. The van der Waals surface area contributed by atoms with E-state index in [0.717, 1.165) is 38.3 Å². The predicted octanol–water partition coefficient (Wildman–Crippen LogP) is 5.08. The fraction of sp³-hybridized carbons (Fsp3) is 0.444. The smallest absolute Gasteiger partial charge is 0.430 e. The lowest BCUT2D eigenvalue weighted by Gasteiger charge is -2.37. The van der Waals surface area contributed by atoms with E-state index < -0.39 is 21.7 Å². The van der Waals surface area contributed by atoms with E-state index in [2.05, 4.69) is 44.0 Å². The molecule has 1 fully saturated rings. The molecule has 0 atom stereocenters. The van der Waals surface area contributed by atoms with Crippen LogP contribution in [-0.4, -0.2) is 61.2 Å². The number of sulfonamides is 1. The highest BCUT2D eigenvalue weighted by Crippen LogP contribution is 2.29. The second kappa shape index (κ2) is 11.4. The minimum absolute atomic E-state index is 0.00893. The van der Waals surface area contributed by atoms with Gasteiger partial charge in [0.25, 0.3) is 10.0 Å². The molecule has 0 radical (unpaired) electrons. The minimum Gasteiger partial charge on any atom is -0.443 e. The van der Waals surface area contributed by atoms with Gasteiger partial charge in [-0.15, -0.1) is 15.6 Å². The maximum atomic E-state index is 13.6. The zero-order valence-corrected chi connectivity index (χ0v) is 24.1. The van der Waals surface area contributed by atoms with Gasteiger partial charge in [-0.3, -0.25) is 4.90 Å². The van der Waals surface area contributed by atoms with E-state index in [4.69, 9.17) is 4.74 Å². The van der Waals surface area contributed by atoms with Crippen molar-refractivity contribution in [1.82, 2.24) is 14.9 Å². The van der Waals surface area contributed by atoms with Crippen molar-refractivity contribution in [3.63, 3.8) is 0 Å². The highest BCUT2D eigenvalue weighted by Gasteiger charge is 2.36. The molecular weight excluding hydrogens is 522 g/mol. The Kier molecular flexibility index (Phi) is 8.39. The first-order valence-electron chi connectivity index (χ1n) is 12.6. The summed E-state index contributed by atoms with van der Waals surface area (Å²) in [4.78, 5) is 26.0. The van der Waals surface area contributed by atoms with Crippen LogP contribution >= 0.6 is 11.3 Å². The second-order valence-electron chi connectivity index (χ2n) is 10.5. The summed E-state index contributed by atoms with van der Waals surface area (Å²) >= 11 is 1.19. The largest absolute Gasteiger partial charge is 0.443 e. The van der Waals surface area contributed by atoms with Crippen LogP contribution < -0.4 is 9.21 Å². The van der Waals surface area contributed by atoms with Crippen LogP contribution in [0.4, 0.5) is 16.4 Å². The number of hydrogen-bond acceptors (Lipinski definition) is 9. The molecule has 0 saturated carbocycles. The van der Waals surface area contributed by atoms with Crippen molar-refractivity contribution in [2.75, 3.05) is 29.3 Å². The Morgan fingerprint density at radius 1 is 1.16 bits per heavy atom. The quantitative estimate of drug-likeness (QED) is 0.397. The third-order valence-electron chi connectivity index (χ3n) is 6.44. The standard InChI is InChI=1S/C27H35N5O4S2/c1-20-15-23(38(34,35)32(24-18-37-19-29-24)26(33)36-27(2,3)4)16-28-25(20)30(5)22-11-13-31(14-12-22)17-21-9-7-6-8-10-21/h6-10,15-16,18-19,22H,11-14,17H2,1-5H3. The molecule has 1 aromatic carbocycles. The van der Waals surface area contributed by atoms with Crippen molar-refractivity contribution < 1.29 is 17.9 Å². The average molecular weight is 558 g/mol. The number of amides is 1. The highest BCUT2D eigenvalue weighted by atomic mass is 32.2. The summed E-state index contributed by atoms with van der Waals surface area (Å²) in [5.41, 5.74) is 2.61. The van der Waals surface area contributed by atoms with Gasteiger partial charge in [0.05, 0.1) is 5.51 Å². The normalized spacial score (nSPS) is 15.3. The van der Waals surface area contributed by atoms with Crippen molar-refractivity contribution >= 4 is 39.1 Å². The number of rotatable bonds is 7. The van der Waals surface area contributed by atoms with E-state index in [9.17, 15) is 13.2 Å². The van der Waals surface area contributed by atoms with Gasteiger partial charge in [-0.1, -0.05) is 30.3 Å². The number of ether oxygens (including phenoxy) is 1. The van der Waals surface area contributed by atoms with Gasteiger partial charge < -0.3 is 9.64 Å². The second-order valence-corrected chi connectivity index (χ2v) is 13.0. The van der Waals surface area contributed by atoms with Crippen molar-refractivity contribution in [2.45, 2.75) is 63.6 Å². The summed E-state index contributed by atoms with van der Waals surface area (Å²) in [6, 6.07) is 12.3. The van der Waals surface area contributed by atoms with Crippen molar-refractivity contribution in [1.29, 1.82) is 0 Å². The van der Waals surface area contributed by atoms with Crippen LogP contribution in [0.5, 0.6) is 0 Å². The summed E-state index contributed by atoms with van der Waals surface area (Å²) < 4.78 is 33.2. The van der Waals surface area contributed by atoms with Gasteiger partial charge in [0.15, 0.2) is 5.82 Å². The van der Waals surface area contributed by atoms with Crippen LogP contribution in [0.3, 0.4) is 0 Å². The summed E-state index contributed by atoms with van der Waals surface area (Å²) in [5.74, 6) is 0.716. The van der Waals surface area contributed by atoms with E-state index >= 15 is 0 Å². The van der Waals surface area contributed by atoms with Gasteiger partial charge in [0.2, 0.25) is 0 Å². The predicted molar refractivity (Wildman–Crippen MR) is 150 cm³/mol. The fourth-order valence-corrected chi connectivity index (χ4v) is 6.45. The number of nitrogens with zero attached hydrogens (tertiary/aromatic N) is 5. The summed E-state index contributed by atoms with van der Waals surface area (Å²) in [5, 5.41) is 1.49. The number of carbonyl (C=O) groups is 1. The molecule has 4 rings (SSSR count). The maximum absolute atomic E-state index is 13.6. The molecule has 11 heteroatoms. The van der Waals surface area contributed by atoms with Crippen molar-refractivity contribution in [2.24, 2.45) is 0 Å². The number of benzene rings is 1. The lowest BCUT2D eigenvalue weighted by Crippen LogP contribution is -2.43. The van der Waals surface area contributed by atoms with Gasteiger partial charge >= 0.3 is 6.09 Å². The van der Waals surface area contributed by atoms with Crippen LogP contribution in [0.1, 0.15) is 44.7 Å². The zero-order valence-electron chi connectivity index (χ0n) is 22.5. The maximum Gasteiger partial charge on any atom is 0.430 e. The van der Waals surface area contributed by atoms with Crippen LogP contribution in [0, 0.1) is 6.92 Å². The molecule has 3 aromatic rings. The van der Waals surface area contributed by atoms with E-state index in [1.54, 1.807) is 26.8 Å². The molecule has 1 aliphatic rings. The summed E-state index contributed by atoms with van der Waals surface area (Å²) in [6.07, 6.45) is 2.27. The third kappa shape index (κ3) is 6.51. The Morgan fingerprint density at radius 2 is 1.84 bits per heavy atom. The highest BCUT2D eigenvalue weighted by molar-refractivity contribution is 7.93. The topological polar surface area (TPSA) is 95.9 Å². The third-order valence-corrected chi connectivity index (χ3v) is 8.65. The summed E-state index contributed by atoms with van der Waals surface area (Å²) in [6.45, 7) is 9.77. The minimum atomic E-state index is -4.31. The lowest BCUT2D eigenvalue weighted by atomic mass is 10.0. The van der Waals surface area contributed by atoms with Crippen LogP contribution in [0.2, 0.25) is 0 Å². The molecule has 0 N–H and O–H groups in total. The van der Waals surface area contributed by atoms with E-state index in [-0.39, 0.29) is 10.7 Å². The van der Waals surface area contributed by atoms with Gasteiger partial charge in [-0.05, 0) is 57.7 Å². The van der Waals surface area contributed by atoms with Crippen LogP contribution in [0.25, 0.3) is 0 Å². The van der Waals surface area contributed by atoms with Gasteiger partial charge in [-0.2, -0.15) is 0 Å². The zero-order chi connectivity index (χ0) is 27.5. The fourth-order valence-electron chi connectivity index (χ4n) is 4.56. The van der Waals surface area contributed by atoms with Gasteiger partial charge in [0.1, 0.15) is 16.3 Å². The molecule has 204 valence electrons. The molecular formula is C27H35N5O4S2. The average Bonchev–Trinajstić information content (AvgIpc) is 3.37. The Morgan fingerprint density at radius 3 is 2.42 bits per heavy atom. The molecule has 0 aliphatic carbocycles. The number of aromatic nitrogens is 2. The number of pyridine rings is 1. The van der Waals surface area contributed by atoms with Crippen LogP contribution in [0.15, 0.2) is 58.4 Å². The Hall–Kier alpha value is -3.02. The number of piperidine rings is 1. The number of likely N-dealkylation sites (tertiary alicyclic amines) is 1. The molecule has 3 heterocycles. The number of thiazole rings is 1. The van der Waals surface area contributed by atoms with Crippen molar-refractivity contribution in [3.05, 3.63) is 64.6 Å². The van der Waals surface area contributed by atoms with Gasteiger partial charge in [0, 0.05) is 44.3 Å². The Balaban J connectivity index is 1.49. The molecule has 0 bridgehead atoms. The van der Waals surface area contributed by atoms with Crippen molar-refractivity contribution in [3.8, 4) is 0 Å². The lowest BCUT2D eigenvalue weighted by molar-refractivity contribution is 0.0608. The van der Waals surface area contributed by atoms with Gasteiger partial charge in [-0.25, -0.2) is 23.2 Å². The molecule has 2 aromatic heterocycles. The number of aryl methyl sites for hydroxylation is 1. The monoisotopic (exact) mass is 557 g/mol. The van der Waals surface area contributed by atoms with E-state index in [1.807, 2.05) is 20.0 Å². The molecule has 1 aliphatic heterocycles. The number of carbonyl (C=O) groups excluding carboxylic acids is 1. The summed E-state index contributed by atoms with van der Waals surface area (Å²) in [7, 11) is -2.30.